The molecule has 7 nitrogen and oxygen atoms in total. The first kappa shape index (κ1) is 18.2. The topological polar surface area (TPSA) is 91.6 Å². The molecule has 0 atom stereocenters. The van der Waals surface area contributed by atoms with E-state index in [4.69, 9.17) is 10.8 Å². The van der Waals surface area contributed by atoms with Crippen molar-refractivity contribution in [1.29, 1.82) is 0 Å². The lowest BCUT2D eigenvalue weighted by Crippen LogP contribution is -2.27. The Morgan fingerprint density at radius 3 is 2.68 bits per heavy atom. The zero-order chi connectivity index (χ0) is 20.0. The van der Waals surface area contributed by atoms with Crippen LogP contribution < -0.4 is 11.3 Å². The van der Waals surface area contributed by atoms with E-state index >= 15 is 0 Å². The molecular weight excluding hydrogens is 352 g/mol. The normalized spacial score (nSPS) is 11.8. The van der Waals surface area contributed by atoms with Gasteiger partial charge in [0.2, 0.25) is 0 Å². The van der Waals surface area contributed by atoms with Gasteiger partial charge in [-0.15, -0.1) is 0 Å². The molecule has 0 bridgehead atoms. The number of fused-ring (bicyclic) bond motifs is 2. The molecule has 0 spiro atoms. The zero-order valence-electron chi connectivity index (χ0n) is 16.6. The first-order valence-corrected chi connectivity index (χ1v) is 9.52. The third-order valence-electron chi connectivity index (χ3n) is 5.16. The molecule has 0 amide bonds. The van der Waals surface area contributed by atoms with Crippen molar-refractivity contribution >= 4 is 27.6 Å². The first-order valence-electron chi connectivity index (χ1n) is 9.52. The lowest BCUT2D eigenvalue weighted by Gasteiger charge is -2.18. The molecule has 0 fully saturated rings. The maximum Gasteiger partial charge on any atom is 0.259 e. The summed E-state index contributed by atoms with van der Waals surface area (Å²) in [6, 6.07) is 8.04. The van der Waals surface area contributed by atoms with Crippen LogP contribution in [0.2, 0.25) is 0 Å². The lowest BCUT2D eigenvalue weighted by atomic mass is 10.1. The third-order valence-corrected chi connectivity index (χ3v) is 5.16. The summed E-state index contributed by atoms with van der Waals surface area (Å²) in [4.78, 5) is 21.8. The predicted octanol–water partition coefficient (Wildman–Crippen LogP) is 3.22. The molecule has 0 saturated heterocycles. The predicted molar refractivity (Wildman–Crippen MR) is 112 cm³/mol. The van der Waals surface area contributed by atoms with Crippen molar-refractivity contribution in [3.05, 3.63) is 57.9 Å². The quantitative estimate of drug-likeness (QED) is 0.590. The second-order valence-corrected chi connectivity index (χ2v) is 7.36. The van der Waals surface area contributed by atoms with Gasteiger partial charge in [-0.1, -0.05) is 25.1 Å². The lowest BCUT2D eigenvalue weighted by molar-refractivity contribution is 0.532. The van der Waals surface area contributed by atoms with Gasteiger partial charge < -0.3 is 10.3 Å². The Morgan fingerprint density at radius 1 is 1.18 bits per heavy atom. The molecule has 0 radical (unpaired) electrons. The molecular formula is C21H24N6O. The van der Waals surface area contributed by atoms with E-state index in [1.54, 1.807) is 0 Å². The van der Waals surface area contributed by atoms with Crippen LogP contribution in [0.4, 0.5) is 5.82 Å². The van der Waals surface area contributed by atoms with Crippen molar-refractivity contribution in [3.8, 4) is 0 Å². The number of aromatic nitrogens is 5. The summed E-state index contributed by atoms with van der Waals surface area (Å²) in [6.07, 6.45) is 2.18. The van der Waals surface area contributed by atoms with E-state index in [0.717, 1.165) is 39.5 Å². The van der Waals surface area contributed by atoms with Crippen LogP contribution in [-0.2, 0) is 13.0 Å². The molecule has 0 aliphatic heterocycles. The molecule has 4 rings (SSSR count). The van der Waals surface area contributed by atoms with E-state index in [0.29, 0.717) is 18.0 Å². The second-order valence-electron chi connectivity index (χ2n) is 7.36. The molecule has 4 aromatic rings. The van der Waals surface area contributed by atoms with Crippen molar-refractivity contribution < 1.29 is 0 Å². The van der Waals surface area contributed by atoms with Gasteiger partial charge in [0, 0.05) is 11.7 Å². The van der Waals surface area contributed by atoms with E-state index in [1.807, 2.05) is 55.1 Å². The van der Waals surface area contributed by atoms with E-state index in [-0.39, 0.29) is 11.6 Å². The summed E-state index contributed by atoms with van der Waals surface area (Å²) < 4.78 is 3.67. The molecule has 0 aliphatic rings. The first-order chi connectivity index (χ1) is 13.4. The smallest absolute Gasteiger partial charge is 0.259 e. The van der Waals surface area contributed by atoms with Crippen LogP contribution in [0.3, 0.4) is 0 Å². The van der Waals surface area contributed by atoms with Gasteiger partial charge in [-0.3, -0.25) is 4.79 Å². The Hall–Kier alpha value is -3.22. The number of nitrogens with two attached hydrogens (primary N) is 1. The van der Waals surface area contributed by atoms with Gasteiger partial charge in [-0.25, -0.2) is 14.6 Å². The van der Waals surface area contributed by atoms with Crippen LogP contribution in [0.1, 0.15) is 43.8 Å². The largest absolute Gasteiger partial charge is 0.383 e. The Morgan fingerprint density at radius 2 is 1.96 bits per heavy atom. The molecule has 7 heteroatoms. The third kappa shape index (κ3) is 2.74. The number of anilines is 1. The highest BCUT2D eigenvalue weighted by Crippen LogP contribution is 2.24. The molecule has 1 aromatic carbocycles. The number of hydrogen-bond acceptors (Lipinski definition) is 5. The van der Waals surface area contributed by atoms with Crippen molar-refractivity contribution in [3.63, 3.8) is 0 Å². The molecule has 28 heavy (non-hydrogen) atoms. The molecule has 0 saturated carbocycles. The Kier molecular flexibility index (Phi) is 4.37. The monoisotopic (exact) mass is 376 g/mol. The number of rotatable bonds is 4. The van der Waals surface area contributed by atoms with Crippen LogP contribution >= 0.6 is 0 Å². The van der Waals surface area contributed by atoms with Crippen molar-refractivity contribution in [1.82, 2.24) is 24.3 Å². The number of aryl methyl sites for hydroxylation is 2. The minimum Gasteiger partial charge on any atom is -0.383 e. The minimum atomic E-state index is 0.0265. The maximum atomic E-state index is 13.3. The average molecular weight is 376 g/mol. The van der Waals surface area contributed by atoms with Gasteiger partial charge in [-0.2, -0.15) is 5.10 Å². The SMILES string of the molecule is CCc1nn(Cc2cc3cccc(C)c3c(=O)n2C(C)C)c2ncnc(N)c12. The van der Waals surface area contributed by atoms with Crippen LogP contribution in [0.5, 0.6) is 0 Å². The fourth-order valence-electron chi connectivity index (χ4n) is 3.91. The maximum absolute atomic E-state index is 13.3. The number of benzene rings is 1. The Labute approximate surface area is 162 Å². The molecule has 0 unspecified atom stereocenters. The number of nitrogens with zero attached hydrogens (tertiary/aromatic N) is 5. The van der Waals surface area contributed by atoms with E-state index in [2.05, 4.69) is 16.0 Å². The molecule has 2 N–H and O–H groups in total. The van der Waals surface area contributed by atoms with Crippen LogP contribution in [-0.4, -0.2) is 24.3 Å². The van der Waals surface area contributed by atoms with Gasteiger partial charge in [0.1, 0.15) is 12.1 Å². The summed E-state index contributed by atoms with van der Waals surface area (Å²) in [6.45, 7) is 8.48. The summed E-state index contributed by atoms with van der Waals surface area (Å²) >= 11 is 0. The molecule has 3 heterocycles. The van der Waals surface area contributed by atoms with Crippen molar-refractivity contribution in [2.24, 2.45) is 0 Å². The highest BCUT2D eigenvalue weighted by molar-refractivity contribution is 5.88. The number of nitrogen functional groups attached to an aromatic ring is 1. The summed E-state index contributed by atoms with van der Waals surface area (Å²) in [7, 11) is 0. The number of hydrogen-bond donors (Lipinski definition) is 1. The van der Waals surface area contributed by atoms with E-state index in [1.165, 1.54) is 6.33 Å². The van der Waals surface area contributed by atoms with Crippen LogP contribution in [0.15, 0.2) is 35.4 Å². The van der Waals surface area contributed by atoms with Gasteiger partial charge in [0.05, 0.1) is 23.0 Å². The summed E-state index contributed by atoms with van der Waals surface area (Å²) in [5, 5.41) is 7.21. The molecule has 144 valence electrons. The fourth-order valence-corrected chi connectivity index (χ4v) is 3.91. The van der Waals surface area contributed by atoms with E-state index < -0.39 is 0 Å². The highest BCUT2D eigenvalue weighted by atomic mass is 16.1. The van der Waals surface area contributed by atoms with Crippen LogP contribution in [0.25, 0.3) is 21.8 Å². The average Bonchev–Trinajstić information content (AvgIpc) is 3.00. The van der Waals surface area contributed by atoms with Gasteiger partial charge in [-0.05, 0) is 44.2 Å². The second kappa shape index (κ2) is 6.74. The molecule has 0 aliphatic carbocycles. The van der Waals surface area contributed by atoms with Crippen molar-refractivity contribution in [2.75, 3.05) is 5.73 Å². The zero-order valence-corrected chi connectivity index (χ0v) is 16.6. The summed E-state index contributed by atoms with van der Waals surface area (Å²) in [5.41, 5.74) is 9.54. The highest BCUT2D eigenvalue weighted by Gasteiger charge is 2.18. The van der Waals surface area contributed by atoms with Gasteiger partial charge in [0.15, 0.2) is 5.65 Å². The summed E-state index contributed by atoms with van der Waals surface area (Å²) in [5.74, 6) is 0.434. The molecule has 3 aromatic heterocycles. The van der Waals surface area contributed by atoms with Gasteiger partial charge in [0.25, 0.3) is 5.56 Å². The standard InChI is InChI=1S/C21H24N6O/c1-5-16-18-19(22)23-11-24-20(18)26(25-16)10-15-9-14-8-6-7-13(4)17(14)21(28)27(15)12(2)3/h6-9,11-12H,5,10H2,1-4H3,(H2,22,23,24). The van der Waals surface area contributed by atoms with E-state index in [9.17, 15) is 4.79 Å². The minimum absolute atomic E-state index is 0.0265. The van der Waals surface area contributed by atoms with Gasteiger partial charge >= 0.3 is 0 Å². The fraction of sp³-hybridized carbons (Fsp3) is 0.333. The Balaban J connectivity index is 1.96. The Bertz CT molecular complexity index is 1250. The number of pyridine rings is 1. The van der Waals surface area contributed by atoms with Crippen LogP contribution in [0, 0.1) is 6.92 Å². The van der Waals surface area contributed by atoms with Crippen molar-refractivity contribution in [2.45, 2.75) is 46.7 Å².